The second-order valence-electron chi connectivity index (χ2n) is 5.70. The number of aryl methyl sites for hydroxylation is 1. The van der Waals surface area contributed by atoms with Crippen LogP contribution in [0.15, 0.2) is 54.7 Å². The van der Waals surface area contributed by atoms with Gasteiger partial charge in [-0.05, 0) is 36.4 Å². The zero-order valence-electron chi connectivity index (χ0n) is 13.2. The van der Waals surface area contributed by atoms with Gasteiger partial charge in [-0.25, -0.2) is 9.37 Å². The van der Waals surface area contributed by atoms with Crippen molar-refractivity contribution in [1.29, 1.82) is 0 Å². The van der Waals surface area contributed by atoms with E-state index in [1.807, 2.05) is 31.3 Å². The van der Waals surface area contributed by atoms with E-state index in [4.69, 9.17) is 0 Å². The summed E-state index contributed by atoms with van der Waals surface area (Å²) in [6, 6.07) is 12.9. The van der Waals surface area contributed by atoms with Gasteiger partial charge in [-0.1, -0.05) is 12.1 Å². The molecule has 2 aromatic heterocycles. The summed E-state index contributed by atoms with van der Waals surface area (Å²) < 4.78 is 16.3. The minimum Gasteiger partial charge on any atom is -0.507 e. The van der Waals surface area contributed by atoms with Crippen LogP contribution in [-0.2, 0) is 7.05 Å². The number of thiazole rings is 1. The fourth-order valence-corrected chi connectivity index (χ4v) is 3.75. The number of phenols is 1. The molecule has 124 valence electrons. The third kappa shape index (κ3) is 2.70. The van der Waals surface area contributed by atoms with Gasteiger partial charge in [-0.15, -0.1) is 11.3 Å². The van der Waals surface area contributed by atoms with Gasteiger partial charge in [0.05, 0.1) is 21.5 Å². The summed E-state index contributed by atoms with van der Waals surface area (Å²) in [5, 5.41) is 10.6. The van der Waals surface area contributed by atoms with Gasteiger partial charge in [0.2, 0.25) is 0 Å². The number of fused-ring (bicyclic) bond motifs is 1. The summed E-state index contributed by atoms with van der Waals surface area (Å²) in [5.74, 6) is -1.24. The molecule has 0 aliphatic carbocycles. The first-order valence-corrected chi connectivity index (χ1v) is 8.40. The fourth-order valence-electron chi connectivity index (χ4n) is 2.73. The number of carbonyl (C=O) groups excluding carboxylic acids is 1. The highest BCUT2D eigenvalue weighted by Crippen LogP contribution is 2.32. The van der Waals surface area contributed by atoms with Gasteiger partial charge in [0.15, 0.2) is 5.78 Å². The normalized spacial score (nSPS) is 11.1. The Labute approximate surface area is 146 Å². The first kappa shape index (κ1) is 15.5. The number of halogens is 1. The van der Waals surface area contributed by atoms with E-state index in [0.29, 0.717) is 5.56 Å². The maximum Gasteiger partial charge on any atom is 0.198 e. The number of hydrogen-bond acceptors (Lipinski definition) is 4. The Balaban J connectivity index is 1.77. The minimum absolute atomic E-state index is 0.0542. The molecule has 0 fully saturated rings. The third-order valence-electron chi connectivity index (χ3n) is 3.98. The zero-order chi connectivity index (χ0) is 17.6. The second kappa shape index (κ2) is 5.82. The molecule has 2 heterocycles. The van der Waals surface area contributed by atoms with Crippen molar-refractivity contribution in [2.24, 2.45) is 7.05 Å². The van der Waals surface area contributed by atoms with E-state index in [-0.39, 0.29) is 11.3 Å². The predicted molar refractivity (Wildman–Crippen MR) is 95.5 cm³/mol. The molecule has 0 aliphatic heterocycles. The molecule has 0 radical (unpaired) electrons. The summed E-state index contributed by atoms with van der Waals surface area (Å²) in [6.07, 6.45) is 1.66. The Morgan fingerprint density at radius 2 is 2.00 bits per heavy atom. The van der Waals surface area contributed by atoms with Crippen molar-refractivity contribution in [2.45, 2.75) is 0 Å². The highest BCUT2D eigenvalue weighted by molar-refractivity contribution is 7.21. The number of carbonyl (C=O) groups is 1. The maximum absolute atomic E-state index is 13.4. The lowest BCUT2D eigenvalue weighted by Gasteiger charge is -2.01. The fraction of sp³-hybridized carbons (Fsp3) is 0.0526. The van der Waals surface area contributed by atoms with Gasteiger partial charge in [0.1, 0.15) is 16.6 Å². The largest absolute Gasteiger partial charge is 0.507 e. The summed E-state index contributed by atoms with van der Waals surface area (Å²) in [6.45, 7) is 0. The lowest BCUT2D eigenvalue weighted by molar-refractivity contribution is 0.103. The van der Waals surface area contributed by atoms with E-state index < -0.39 is 11.6 Å². The molecule has 2 aromatic carbocycles. The molecule has 6 heteroatoms. The van der Waals surface area contributed by atoms with E-state index in [0.717, 1.165) is 33.1 Å². The van der Waals surface area contributed by atoms with Gasteiger partial charge in [0.25, 0.3) is 0 Å². The molecule has 1 N–H and O–H groups in total. The number of benzene rings is 2. The van der Waals surface area contributed by atoms with Crippen molar-refractivity contribution >= 4 is 27.3 Å². The Hall–Kier alpha value is -2.99. The van der Waals surface area contributed by atoms with Gasteiger partial charge in [-0.3, -0.25) is 4.79 Å². The van der Waals surface area contributed by atoms with Crippen molar-refractivity contribution in [1.82, 2.24) is 9.55 Å². The van der Waals surface area contributed by atoms with Crippen LogP contribution in [0, 0.1) is 5.82 Å². The van der Waals surface area contributed by atoms with Crippen LogP contribution in [0.1, 0.15) is 15.9 Å². The van der Waals surface area contributed by atoms with Crippen molar-refractivity contribution in [2.75, 3.05) is 0 Å². The van der Waals surface area contributed by atoms with E-state index in [1.165, 1.54) is 17.4 Å². The molecular formula is C19H13FN2O2S. The zero-order valence-corrected chi connectivity index (χ0v) is 14.0. The van der Waals surface area contributed by atoms with Gasteiger partial charge in [0, 0.05) is 18.8 Å². The summed E-state index contributed by atoms with van der Waals surface area (Å²) in [4.78, 5) is 17.2. The predicted octanol–water partition coefficient (Wildman–Crippen LogP) is 4.38. The maximum atomic E-state index is 13.4. The molecule has 0 unspecified atom stereocenters. The van der Waals surface area contributed by atoms with E-state index in [1.54, 1.807) is 16.8 Å². The first-order chi connectivity index (χ1) is 12.0. The quantitative estimate of drug-likeness (QED) is 0.557. The van der Waals surface area contributed by atoms with E-state index in [9.17, 15) is 14.3 Å². The lowest BCUT2D eigenvalue weighted by atomic mass is 10.0. The monoisotopic (exact) mass is 352 g/mol. The molecule has 0 spiro atoms. The van der Waals surface area contributed by atoms with Crippen molar-refractivity contribution < 1.29 is 14.3 Å². The Morgan fingerprint density at radius 1 is 1.20 bits per heavy atom. The molecule has 4 nitrogen and oxygen atoms in total. The average Bonchev–Trinajstić information content (AvgIpc) is 3.19. The number of aromatic nitrogens is 2. The lowest BCUT2D eigenvalue weighted by Crippen LogP contribution is -2.01. The Bertz CT molecular complexity index is 1080. The Kier molecular flexibility index (Phi) is 3.62. The smallest absolute Gasteiger partial charge is 0.198 e. The van der Waals surface area contributed by atoms with E-state index >= 15 is 0 Å². The molecule has 0 saturated carbocycles. The number of rotatable bonds is 3. The number of nitrogens with zero attached hydrogens (tertiary/aromatic N) is 2. The molecular weight excluding hydrogens is 339 g/mol. The number of hydrogen-bond donors (Lipinski definition) is 1. The van der Waals surface area contributed by atoms with Crippen LogP contribution in [0.3, 0.4) is 0 Å². The molecule has 0 aliphatic rings. The Morgan fingerprint density at radius 3 is 2.80 bits per heavy atom. The van der Waals surface area contributed by atoms with Gasteiger partial charge < -0.3 is 9.67 Å². The number of phenolic OH excluding ortho intramolecular Hbond substituents is 1. The van der Waals surface area contributed by atoms with Crippen LogP contribution in [0.5, 0.6) is 5.75 Å². The van der Waals surface area contributed by atoms with Gasteiger partial charge >= 0.3 is 0 Å². The van der Waals surface area contributed by atoms with Crippen LogP contribution < -0.4 is 0 Å². The molecule has 0 saturated heterocycles. The standard InChI is InChI=1S/C19H13FN2O2S/c1-22-10-11(18(24)13-9-12(20)6-7-16(13)23)8-15(22)19-21-14-4-2-3-5-17(14)25-19/h2-10,23H,1H3. The third-order valence-corrected chi connectivity index (χ3v) is 5.04. The highest BCUT2D eigenvalue weighted by atomic mass is 32.1. The van der Waals surface area contributed by atoms with Crippen LogP contribution in [0.2, 0.25) is 0 Å². The summed E-state index contributed by atoms with van der Waals surface area (Å²) in [7, 11) is 1.82. The van der Waals surface area contributed by atoms with Crippen LogP contribution in [-0.4, -0.2) is 20.4 Å². The molecule has 0 bridgehead atoms. The highest BCUT2D eigenvalue weighted by Gasteiger charge is 2.19. The van der Waals surface area contributed by atoms with Gasteiger partial charge in [-0.2, -0.15) is 0 Å². The van der Waals surface area contributed by atoms with Crippen LogP contribution >= 0.6 is 11.3 Å². The number of para-hydroxylation sites is 1. The van der Waals surface area contributed by atoms with Crippen molar-refractivity contribution in [3.8, 4) is 16.5 Å². The molecule has 4 rings (SSSR count). The summed E-state index contributed by atoms with van der Waals surface area (Å²) in [5.41, 5.74) is 2.01. The molecule has 0 amide bonds. The van der Waals surface area contributed by atoms with Crippen molar-refractivity contribution in [3.05, 3.63) is 71.7 Å². The number of aromatic hydroxyl groups is 1. The SMILES string of the molecule is Cn1cc(C(=O)c2cc(F)ccc2O)cc1-c1nc2ccccc2s1. The molecule has 0 atom stereocenters. The average molecular weight is 352 g/mol. The second-order valence-corrected chi connectivity index (χ2v) is 6.73. The van der Waals surface area contributed by atoms with E-state index in [2.05, 4.69) is 4.98 Å². The first-order valence-electron chi connectivity index (χ1n) is 7.58. The molecule has 4 aromatic rings. The number of ketones is 1. The minimum atomic E-state index is -0.566. The van der Waals surface area contributed by atoms with Crippen LogP contribution in [0.4, 0.5) is 4.39 Å². The van der Waals surface area contributed by atoms with Crippen LogP contribution in [0.25, 0.3) is 20.9 Å². The molecule has 25 heavy (non-hydrogen) atoms. The topological polar surface area (TPSA) is 55.1 Å². The van der Waals surface area contributed by atoms with Crippen molar-refractivity contribution in [3.63, 3.8) is 0 Å². The summed E-state index contributed by atoms with van der Waals surface area (Å²) >= 11 is 1.54.